The van der Waals surface area contributed by atoms with Crippen molar-refractivity contribution in [3.05, 3.63) is 89.0 Å². The van der Waals surface area contributed by atoms with Gasteiger partial charge in [-0.25, -0.2) is 0 Å². The first-order valence-electron chi connectivity index (χ1n) is 9.23. The second-order valence-electron chi connectivity index (χ2n) is 7.12. The molecular weight excluding hydrogens is 350 g/mol. The molecule has 4 nitrogen and oxygen atoms in total. The third-order valence-electron chi connectivity index (χ3n) is 5.74. The third-order valence-corrected chi connectivity index (χ3v) is 5.74. The van der Waals surface area contributed by atoms with Gasteiger partial charge in [-0.15, -0.1) is 0 Å². The van der Waals surface area contributed by atoms with Crippen LogP contribution in [-0.2, 0) is 11.8 Å². The van der Waals surface area contributed by atoms with Crippen LogP contribution in [0.25, 0.3) is 0 Å². The SMILES string of the molecule is COc1cc2c(cc1OC)C(=O)[C@]1(C2)C(c2ccccc2)=Nc2ccccc21. The molecule has 0 aromatic heterocycles. The summed E-state index contributed by atoms with van der Waals surface area (Å²) in [6.07, 6.45) is 0.562. The number of rotatable bonds is 3. The molecule has 3 aromatic rings. The first-order valence-corrected chi connectivity index (χ1v) is 9.23. The van der Waals surface area contributed by atoms with Gasteiger partial charge in [0.2, 0.25) is 0 Å². The number of carbonyl (C=O) groups excluding carboxylic acids is 1. The Bertz CT molecular complexity index is 1130. The van der Waals surface area contributed by atoms with Crippen LogP contribution in [0.4, 0.5) is 5.69 Å². The monoisotopic (exact) mass is 369 g/mol. The van der Waals surface area contributed by atoms with Gasteiger partial charge < -0.3 is 9.47 Å². The zero-order chi connectivity index (χ0) is 19.3. The van der Waals surface area contributed by atoms with Crippen molar-refractivity contribution in [2.75, 3.05) is 14.2 Å². The molecular formula is C24H19NO3. The molecule has 0 saturated carbocycles. The summed E-state index contributed by atoms with van der Waals surface area (Å²) in [5.41, 5.74) is 4.44. The number of Topliss-reactive ketones (excluding diaryl/α,β-unsaturated/α-hetero) is 1. The summed E-state index contributed by atoms with van der Waals surface area (Å²) in [6.45, 7) is 0. The summed E-state index contributed by atoms with van der Waals surface area (Å²) in [4.78, 5) is 18.8. The third kappa shape index (κ3) is 2.12. The molecule has 0 bridgehead atoms. The summed E-state index contributed by atoms with van der Waals surface area (Å²) >= 11 is 0. The van der Waals surface area contributed by atoms with Crippen molar-refractivity contribution in [2.45, 2.75) is 11.8 Å². The van der Waals surface area contributed by atoms with E-state index in [1.807, 2.05) is 60.7 Å². The standard InChI is InChI=1S/C24H19NO3/c1-27-20-12-16-14-24(23(26)17(16)13-21(20)28-2)18-10-6-7-11-19(18)25-22(24)15-8-4-3-5-9-15/h3-13H,14H2,1-2H3/t24-/m0/s1. The van der Waals surface area contributed by atoms with Crippen LogP contribution in [0.5, 0.6) is 11.5 Å². The zero-order valence-corrected chi connectivity index (χ0v) is 15.7. The minimum Gasteiger partial charge on any atom is -0.493 e. The largest absolute Gasteiger partial charge is 0.493 e. The lowest BCUT2D eigenvalue weighted by Gasteiger charge is -2.25. The second-order valence-corrected chi connectivity index (χ2v) is 7.12. The molecule has 138 valence electrons. The molecule has 1 spiro atoms. The molecule has 1 aliphatic carbocycles. The van der Waals surface area contributed by atoms with Gasteiger partial charge in [0, 0.05) is 5.56 Å². The maximum Gasteiger partial charge on any atom is 0.180 e. The predicted octanol–water partition coefficient (Wildman–Crippen LogP) is 4.52. The van der Waals surface area contributed by atoms with Gasteiger partial charge in [-0.1, -0.05) is 48.5 Å². The number of ether oxygens (including phenoxy) is 2. The molecule has 4 heteroatoms. The highest BCUT2D eigenvalue weighted by Crippen LogP contribution is 2.51. The van der Waals surface area contributed by atoms with E-state index in [1.54, 1.807) is 20.3 Å². The molecule has 0 radical (unpaired) electrons. The number of nitrogens with zero attached hydrogens (tertiary/aromatic N) is 1. The molecule has 5 rings (SSSR count). The molecule has 0 N–H and O–H groups in total. The maximum atomic E-state index is 13.9. The van der Waals surface area contributed by atoms with Crippen LogP contribution in [0.2, 0.25) is 0 Å². The summed E-state index contributed by atoms with van der Waals surface area (Å²) in [6, 6.07) is 21.6. The lowest BCUT2D eigenvalue weighted by atomic mass is 9.72. The van der Waals surface area contributed by atoms with Crippen molar-refractivity contribution >= 4 is 17.2 Å². The van der Waals surface area contributed by atoms with E-state index in [4.69, 9.17) is 14.5 Å². The van der Waals surface area contributed by atoms with Crippen molar-refractivity contribution < 1.29 is 14.3 Å². The fourth-order valence-corrected chi connectivity index (χ4v) is 4.47. The number of para-hydroxylation sites is 1. The zero-order valence-electron chi connectivity index (χ0n) is 15.7. The van der Waals surface area contributed by atoms with Gasteiger partial charge in [-0.2, -0.15) is 0 Å². The van der Waals surface area contributed by atoms with Crippen molar-refractivity contribution in [2.24, 2.45) is 4.99 Å². The number of hydrogen-bond acceptors (Lipinski definition) is 4. The molecule has 1 heterocycles. The number of aliphatic imine (C=N–C) groups is 1. The van der Waals surface area contributed by atoms with Crippen LogP contribution >= 0.6 is 0 Å². The summed E-state index contributed by atoms with van der Waals surface area (Å²) in [5.74, 6) is 1.27. The van der Waals surface area contributed by atoms with Gasteiger partial charge >= 0.3 is 0 Å². The quantitative estimate of drug-likeness (QED) is 0.682. The van der Waals surface area contributed by atoms with E-state index in [0.717, 1.165) is 28.1 Å². The average molecular weight is 369 g/mol. The van der Waals surface area contributed by atoms with E-state index in [-0.39, 0.29) is 5.78 Å². The van der Waals surface area contributed by atoms with Gasteiger partial charge in [0.05, 0.1) is 25.6 Å². The maximum absolute atomic E-state index is 13.9. The Morgan fingerprint density at radius 2 is 1.57 bits per heavy atom. The Morgan fingerprint density at radius 3 is 2.32 bits per heavy atom. The van der Waals surface area contributed by atoms with E-state index in [9.17, 15) is 4.79 Å². The smallest absolute Gasteiger partial charge is 0.180 e. The van der Waals surface area contributed by atoms with Crippen molar-refractivity contribution in [1.29, 1.82) is 0 Å². The number of methoxy groups -OCH3 is 2. The highest BCUT2D eigenvalue weighted by atomic mass is 16.5. The van der Waals surface area contributed by atoms with Gasteiger partial charge in [-0.3, -0.25) is 9.79 Å². The van der Waals surface area contributed by atoms with Crippen LogP contribution in [0.3, 0.4) is 0 Å². The first kappa shape index (κ1) is 16.8. The Morgan fingerprint density at radius 1 is 0.893 bits per heavy atom. The Balaban J connectivity index is 1.75. The molecule has 0 fully saturated rings. The first-order chi connectivity index (χ1) is 13.7. The Kier molecular flexibility index (Phi) is 3.63. The van der Waals surface area contributed by atoms with E-state index in [2.05, 4.69) is 0 Å². The number of ketones is 1. The highest BCUT2D eigenvalue weighted by molar-refractivity contribution is 6.31. The van der Waals surface area contributed by atoms with Crippen molar-refractivity contribution in [1.82, 2.24) is 0 Å². The molecule has 28 heavy (non-hydrogen) atoms. The van der Waals surface area contributed by atoms with Gasteiger partial charge in [0.1, 0.15) is 5.41 Å². The molecule has 1 atom stereocenters. The molecule has 2 aliphatic rings. The van der Waals surface area contributed by atoms with E-state index in [1.165, 1.54) is 0 Å². The summed E-state index contributed by atoms with van der Waals surface area (Å²) in [5, 5.41) is 0. The number of hydrogen-bond donors (Lipinski definition) is 0. The molecule has 3 aromatic carbocycles. The van der Waals surface area contributed by atoms with Crippen LogP contribution in [0, 0.1) is 0 Å². The van der Waals surface area contributed by atoms with E-state index >= 15 is 0 Å². The normalized spacial score (nSPS) is 19.4. The van der Waals surface area contributed by atoms with Crippen LogP contribution in [0.15, 0.2) is 71.7 Å². The average Bonchev–Trinajstić information content (AvgIpc) is 3.23. The van der Waals surface area contributed by atoms with Gasteiger partial charge in [0.15, 0.2) is 17.3 Å². The van der Waals surface area contributed by atoms with E-state index < -0.39 is 5.41 Å². The summed E-state index contributed by atoms with van der Waals surface area (Å²) < 4.78 is 10.9. The number of carbonyl (C=O) groups is 1. The van der Waals surface area contributed by atoms with E-state index in [0.29, 0.717) is 23.5 Å². The Labute approximate surface area is 163 Å². The lowest BCUT2D eigenvalue weighted by Crippen LogP contribution is -2.40. The van der Waals surface area contributed by atoms with Crippen molar-refractivity contribution in [3.63, 3.8) is 0 Å². The van der Waals surface area contributed by atoms with Gasteiger partial charge in [-0.05, 0) is 41.3 Å². The lowest BCUT2D eigenvalue weighted by molar-refractivity contribution is 0.0947. The fourth-order valence-electron chi connectivity index (χ4n) is 4.47. The summed E-state index contributed by atoms with van der Waals surface area (Å²) in [7, 11) is 3.19. The van der Waals surface area contributed by atoms with Crippen LogP contribution in [-0.4, -0.2) is 25.7 Å². The minimum atomic E-state index is -0.808. The predicted molar refractivity (Wildman–Crippen MR) is 108 cm³/mol. The topological polar surface area (TPSA) is 47.9 Å². The van der Waals surface area contributed by atoms with Crippen molar-refractivity contribution in [3.8, 4) is 11.5 Å². The number of fused-ring (bicyclic) bond motifs is 3. The van der Waals surface area contributed by atoms with Crippen LogP contribution < -0.4 is 9.47 Å². The molecule has 0 saturated heterocycles. The molecule has 0 unspecified atom stereocenters. The minimum absolute atomic E-state index is 0.0657. The molecule has 0 amide bonds. The van der Waals surface area contributed by atoms with Crippen LogP contribution in [0.1, 0.15) is 27.0 Å². The number of benzene rings is 3. The fraction of sp³-hybridized carbons (Fsp3) is 0.167. The Hall–Kier alpha value is -3.40. The molecule has 1 aliphatic heterocycles. The highest BCUT2D eigenvalue weighted by Gasteiger charge is 2.54. The van der Waals surface area contributed by atoms with Gasteiger partial charge in [0.25, 0.3) is 0 Å². The second kappa shape index (κ2) is 6.06.